The van der Waals surface area contributed by atoms with E-state index in [0.29, 0.717) is 19.5 Å². The van der Waals surface area contributed by atoms with E-state index >= 15 is 0 Å². The highest BCUT2D eigenvalue weighted by Crippen LogP contribution is 2.18. The fraction of sp³-hybridized carbons (Fsp3) is 0.909. The molecular weight excluding hydrogens is 254 g/mol. The summed E-state index contributed by atoms with van der Waals surface area (Å²) < 4.78 is 24.7. The van der Waals surface area contributed by atoms with Crippen molar-refractivity contribution in [1.82, 2.24) is 9.62 Å². The number of amides is 1. The molecule has 0 saturated carbocycles. The smallest absolute Gasteiger partial charge is 0.224 e. The third-order valence-corrected chi connectivity index (χ3v) is 3.72. The Morgan fingerprint density at radius 1 is 1.50 bits per heavy atom. The highest BCUT2D eigenvalue weighted by Gasteiger charge is 2.27. The molecule has 0 radical (unpaired) electrons. The molecule has 2 atom stereocenters. The first-order valence-electron chi connectivity index (χ1n) is 6.29. The Morgan fingerprint density at radius 3 is 2.72 bits per heavy atom. The van der Waals surface area contributed by atoms with Gasteiger partial charge in [-0.05, 0) is 26.2 Å². The molecule has 1 amide bonds. The van der Waals surface area contributed by atoms with Crippen LogP contribution in [0.1, 0.15) is 32.6 Å². The highest BCUT2D eigenvalue weighted by atomic mass is 32.2. The summed E-state index contributed by atoms with van der Waals surface area (Å²) >= 11 is 0. The molecule has 106 valence electrons. The number of carbonyl (C=O) groups is 1. The van der Waals surface area contributed by atoms with Gasteiger partial charge >= 0.3 is 0 Å². The van der Waals surface area contributed by atoms with E-state index in [4.69, 9.17) is 5.73 Å². The average molecular weight is 277 g/mol. The summed E-state index contributed by atoms with van der Waals surface area (Å²) in [5, 5.41) is 0. The van der Waals surface area contributed by atoms with Gasteiger partial charge < -0.3 is 10.6 Å². The van der Waals surface area contributed by atoms with Crippen LogP contribution in [0.3, 0.4) is 0 Å². The maximum Gasteiger partial charge on any atom is 0.224 e. The number of rotatable bonds is 5. The van der Waals surface area contributed by atoms with Crippen LogP contribution in [0, 0.1) is 0 Å². The van der Waals surface area contributed by atoms with Crippen LogP contribution in [-0.4, -0.2) is 50.7 Å². The van der Waals surface area contributed by atoms with Gasteiger partial charge in [-0.15, -0.1) is 0 Å². The Bertz CT molecular complexity index is 381. The molecule has 0 spiro atoms. The van der Waals surface area contributed by atoms with Gasteiger partial charge in [-0.3, -0.25) is 4.79 Å². The number of carbonyl (C=O) groups excluding carboxylic acids is 1. The number of sulfonamides is 1. The third kappa shape index (κ3) is 5.32. The summed E-state index contributed by atoms with van der Waals surface area (Å²) in [7, 11) is -3.21. The van der Waals surface area contributed by atoms with Crippen molar-refractivity contribution in [3.05, 3.63) is 0 Å². The highest BCUT2D eigenvalue weighted by molar-refractivity contribution is 7.88. The van der Waals surface area contributed by atoms with Crippen LogP contribution in [0.25, 0.3) is 0 Å². The molecule has 1 aliphatic rings. The van der Waals surface area contributed by atoms with Crippen molar-refractivity contribution in [2.75, 3.05) is 19.3 Å². The molecule has 6 nitrogen and oxygen atoms in total. The molecule has 18 heavy (non-hydrogen) atoms. The van der Waals surface area contributed by atoms with Crippen LogP contribution >= 0.6 is 0 Å². The predicted octanol–water partition coefficient (Wildman–Crippen LogP) is -0.346. The van der Waals surface area contributed by atoms with Crippen molar-refractivity contribution in [2.45, 2.75) is 44.7 Å². The normalized spacial score (nSPS) is 22.8. The van der Waals surface area contributed by atoms with Gasteiger partial charge in [0.15, 0.2) is 0 Å². The lowest BCUT2D eigenvalue weighted by Crippen LogP contribution is -2.50. The second-order valence-corrected chi connectivity index (χ2v) is 6.87. The van der Waals surface area contributed by atoms with Crippen LogP contribution in [0.15, 0.2) is 0 Å². The van der Waals surface area contributed by atoms with Gasteiger partial charge in [0, 0.05) is 31.6 Å². The minimum Gasteiger partial charge on any atom is -0.338 e. The van der Waals surface area contributed by atoms with Crippen LogP contribution in [-0.2, 0) is 14.8 Å². The summed E-state index contributed by atoms with van der Waals surface area (Å²) in [6.45, 7) is 2.79. The molecule has 1 heterocycles. The lowest BCUT2D eigenvalue weighted by atomic mass is 10.0. The Labute approximate surface area is 109 Å². The monoisotopic (exact) mass is 277 g/mol. The molecule has 1 rings (SSSR count). The SMILES string of the molecule is CC(N)CC(=O)N1CCCCC1CNS(C)(=O)=O. The zero-order valence-electron chi connectivity index (χ0n) is 11.1. The van der Waals surface area contributed by atoms with Crippen LogP contribution in [0.5, 0.6) is 0 Å². The third-order valence-electron chi connectivity index (χ3n) is 3.03. The van der Waals surface area contributed by atoms with Gasteiger partial charge in [0.2, 0.25) is 15.9 Å². The van der Waals surface area contributed by atoms with E-state index in [0.717, 1.165) is 25.5 Å². The molecule has 1 aliphatic heterocycles. The van der Waals surface area contributed by atoms with E-state index in [1.54, 1.807) is 11.8 Å². The van der Waals surface area contributed by atoms with Gasteiger partial charge in [-0.2, -0.15) is 0 Å². The zero-order valence-corrected chi connectivity index (χ0v) is 11.9. The minimum atomic E-state index is -3.21. The first-order valence-corrected chi connectivity index (χ1v) is 8.18. The topological polar surface area (TPSA) is 92.5 Å². The van der Waals surface area contributed by atoms with Crippen LogP contribution in [0.4, 0.5) is 0 Å². The van der Waals surface area contributed by atoms with Crippen molar-refractivity contribution in [3.63, 3.8) is 0 Å². The molecule has 7 heteroatoms. The number of nitrogens with two attached hydrogens (primary N) is 1. The van der Waals surface area contributed by atoms with Crippen LogP contribution in [0.2, 0.25) is 0 Å². The zero-order chi connectivity index (χ0) is 13.8. The number of hydrogen-bond acceptors (Lipinski definition) is 4. The van der Waals surface area contributed by atoms with E-state index in [1.807, 2.05) is 0 Å². The summed E-state index contributed by atoms with van der Waals surface area (Å²) in [4.78, 5) is 13.8. The van der Waals surface area contributed by atoms with Crippen molar-refractivity contribution in [3.8, 4) is 0 Å². The quantitative estimate of drug-likeness (QED) is 0.718. The second kappa shape index (κ2) is 6.49. The number of hydrogen-bond donors (Lipinski definition) is 2. The first-order chi connectivity index (χ1) is 8.29. The Balaban J connectivity index is 2.59. The molecule has 0 aromatic heterocycles. The molecule has 0 aromatic rings. The maximum absolute atomic E-state index is 12.0. The van der Waals surface area contributed by atoms with E-state index in [1.165, 1.54) is 0 Å². The molecule has 0 aliphatic carbocycles. The number of piperidine rings is 1. The number of nitrogens with zero attached hydrogens (tertiary/aromatic N) is 1. The van der Waals surface area contributed by atoms with Gasteiger partial charge in [0.25, 0.3) is 0 Å². The summed E-state index contributed by atoms with van der Waals surface area (Å²) in [5.74, 6) is 0.0185. The van der Waals surface area contributed by atoms with Gasteiger partial charge in [-0.25, -0.2) is 13.1 Å². The fourth-order valence-corrected chi connectivity index (χ4v) is 2.68. The number of nitrogens with one attached hydrogen (secondary N) is 1. The Hall–Kier alpha value is -0.660. The van der Waals surface area contributed by atoms with Gasteiger partial charge in [0.05, 0.1) is 6.26 Å². The van der Waals surface area contributed by atoms with E-state index in [9.17, 15) is 13.2 Å². The van der Waals surface area contributed by atoms with Crippen molar-refractivity contribution in [1.29, 1.82) is 0 Å². The first kappa shape index (κ1) is 15.4. The maximum atomic E-state index is 12.0. The van der Waals surface area contributed by atoms with Gasteiger partial charge in [0.1, 0.15) is 0 Å². The molecule has 0 aromatic carbocycles. The largest absolute Gasteiger partial charge is 0.338 e. The predicted molar refractivity (Wildman–Crippen MR) is 70.5 cm³/mol. The van der Waals surface area contributed by atoms with Crippen molar-refractivity contribution >= 4 is 15.9 Å². The molecule has 3 N–H and O–H groups in total. The van der Waals surface area contributed by atoms with E-state index in [2.05, 4.69) is 4.72 Å². The molecule has 1 saturated heterocycles. The summed E-state index contributed by atoms with van der Waals surface area (Å²) in [6, 6.07) is -0.206. The number of likely N-dealkylation sites (tertiary alicyclic amines) is 1. The molecule has 1 fully saturated rings. The summed E-state index contributed by atoms with van der Waals surface area (Å²) in [5.41, 5.74) is 5.63. The minimum absolute atomic E-state index is 0.0185. The Morgan fingerprint density at radius 2 is 2.17 bits per heavy atom. The lowest BCUT2D eigenvalue weighted by molar-refractivity contribution is -0.135. The lowest BCUT2D eigenvalue weighted by Gasteiger charge is -2.36. The average Bonchev–Trinajstić information content (AvgIpc) is 2.25. The fourth-order valence-electron chi connectivity index (χ4n) is 2.18. The molecule has 0 bridgehead atoms. The van der Waals surface area contributed by atoms with Gasteiger partial charge in [-0.1, -0.05) is 0 Å². The van der Waals surface area contributed by atoms with Crippen molar-refractivity contribution < 1.29 is 13.2 Å². The van der Waals surface area contributed by atoms with Crippen LogP contribution < -0.4 is 10.5 Å². The van der Waals surface area contributed by atoms with E-state index in [-0.39, 0.29) is 18.0 Å². The molecular formula is C11H23N3O3S. The standard InChI is InChI=1S/C11H23N3O3S/c1-9(12)7-11(15)14-6-4-3-5-10(14)8-13-18(2,16)17/h9-10,13H,3-8,12H2,1-2H3. The van der Waals surface area contributed by atoms with Crippen molar-refractivity contribution in [2.24, 2.45) is 5.73 Å². The summed E-state index contributed by atoms with van der Waals surface area (Å²) in [6.07, 6.45) is 4.28. The Kier molecular flexibility index (Phi) is 5.55. The molecule has 2 unspecified atom stereocenters. The second-order valence-electron chi connectivity index (χ2n) is 5.04. The van der Waals surface area contributed by atoms with E-state index < -0.39 is 10.0 Å².